The summed E-state index contributed by atoms with van der Waals surface area (Å²) in [5.41, 5.74) is 2.39. The number of carbonyl (C=O) groups excluding carboxylic acids is 1. The number of hydrogen-bond acceptors (Lipinski definition) is 3. The molecule has 0 fully saturated rings. The molecule has 0 aliphatic heterocycles. The number of hydrogen-bond donors (Lipinski definition) is 3. The summed E-state index contributed by atoms with van der Waals surface area (Å²) in [7, 11) is 0. The van der Waals surface area contributed by atoms with E-state index >= 15 is 0 Å². The van der Waals surface area contributed by atoms with Gasteiger partial charge >= 0.3 is 0 Å². The Hall–Kier alpha value is -2.10. The minimum atomic E-state index is -0.209. The first kappa shape index (κ1) is 23.9. The molecule has 8 heteroatoms. The van der Waals surface area contributed by atoms with Gasteiger partial charge in [-0.3, -0.25) is 4.79 Å². The highest BCUT2D eigenvalue weighted by atomic mass is 127. The zero-order chi connectivity index (χ0) is 19.6. The van der Waals surface area contributed by atoms with E-state index in [0.29, 0.717) is 36.9 Å². The smallest absolute Gasteiger partial charge is 0.287 e. The Morgan fingerprint density at radius 2 is 1.86 bits per heavy atom. The largest absolute Gasteiger partial charge is 0.459 e. The molecule has 1 aromatic heterocycles. The molecule has 28 heavy (non-hydrogen) atoms. The second kappa shape index (κ2) is 12.4. The molecule has 0 saturated heterocycles. The van der Waals surface area contributed by atoms with Crippen LogP contribution in [0.1, 0.15) is 40.6 Å². The molecular weight excluding hydrogens is 474 g/mol. The fourth-order valence-corrected chi connectivity index (χ4v) is 2.50. The summed E-state index contributed by atoms with van der Waals surface area (Å²) in [6.45, 7) is 7.96. The molecule has 0 bridgehead atoms. The Kier molecular flexibility index (Phi) is 10.6. The van der Waals surface area contributed by atoms with Crippen LogP contribution in [0.3, 0.4) is 0 Å². The Labute approximate surface area is 182 Å². The normalized spacial score (nSPS) is 10.9. The van der Waals surface area contributed by atoms with Crippen LogP contribution in [0.25, 0.3) is 0 Å². The molecule has 0 atom stereocenters. The van der Waals surface area contributed by atoms with Crippen LogP contribution in [0.4, 0.5) is 4.39 Å². The summed E-state index contributed by atoms with van der Waals surface area (Å²) in [6.07, 6.45) is 2.25. The second-order valence-electron chi connectivity index (χ2n) is 6.25. The zero-order valence-corrected chi connectivity index (χ0v) is 18.8. The molecule has 1 amide bonds. The van der Waals surface area contributed by atoms with Gasteiger partial charge in [-0.05, 0) is 50.5 Å². The topological polar surface area (TPSA) is 78.7 Å². The van der Waals surface area contributed by atoms with Gasteiger partial charge in [0.15, 0.2) is 11.7 Å². The molecule has 6 nitrogen and oxygen atoms in total. The van der Waals surface area contributed by atoms with Gasteiger partial charge in [0.2, 0.25) is 0 Å². The van der Waals surface area contributed by atoms with Gasteiger partial charge < -0.3 is 20.4 Å². The monoisotopic (exact) mass is 502 g/mol. The Morgan fingerprint density at radius 3 is 2.50 bits per heavy atom. The molecular formula is C20H28FIN4O2. The number of halogens is 2. The number of furan rings is 1. The average molecular weight is 502 g/mol. The summed E-state index contributed by atoms with van der Waals surface area (Å²) in [6, 6.07) is 6.76. The number of rotatable bonds is 8. The molecule has 0 unspecified atom stereocenters. The fraction of sp³-hybridized carbons (Fsp3) is 0.400. The van der Waals surface area contributed by atoms with Crippen molar-refractivity contribution in [2.24, 2.45) is 4.99 Å². The first-order chi connectivity index (χ1) is 13.0. The second-order valence-corrected chi connectivity index (χ2v) is 6.25. The molecule has 2 rings (SSSR count). The van der Waals surface area contributed by atoms with Gasteiger partial charge in [-0.25, -0.2) is 9.38 Å². The number of aryl methyl sites for hydroxylation is 2. The summed E-state index contributed by atoms with van der Waals surface area (Å²) < 4.78 is 18.5. The van der Waals surface area contributed by atoms with E-state index in [2.05, 4.69) is 20.9 Å². The maximum atomic E-state index is 13.3. The van der Waals surface area contributed by atoms with E-state index in [1.54, 1.807) is 25.1 Å². The van der Waals surface area contributed by atoms with Gasteiger partial charge in [0.25, 0.3) is 5.91 Å². The first-order valence-corrected chi connectivity index (χ1v) is 9.10. The molecule has 3 N–H and O–H groups in total. The summed E-state index contributed by atoms with van der Waals surface area (Å²) in [5.74, 6) is 0.629. The number of carbonyl (C=O) groups is 1. The highest BCUT2D eigenvalue weighted by Crippen LogP contribution is 2.10. The molecule has 2 aromatic rings. The SMILES string of the molecule is CCNC(=NCc1ccc(F)c(C)c1)NCCCNC(=O)c1occc1C.I. The van der Waals surface area contributed by atoms with E-state index in [1.165, 1.54) is 12.3 Å². The van der Waals surface area contributed by atoms with Gasteiger partial charge in [0.1, 0.15) is 5.82 Å². The molecule has 1 heterocycles. The van der Waals surface area contributed by atoms with E-state index in [9.17, 15) is 9.18 Å². The number of guanidine groups is 1. The number of benzene rings is 1. The highest BCUT2D eigenvalue weighted by molar-refractivity contribution is 14.0. The third kappa shape index (κ3) is 7.49. The first-order valence-electron chi connectivity index (χ1n) is 9.10. The number of nitrogens with one attached hydrogen (secondary N) is 3. The van der Waals surface area contributed by atoms with Crippen molar-refractivity contribution in [3.8, 4) is 0 Å². The maximum Gasteiger partial charge on any atom is 0.287 e. The van der Waals surface area contributed by atoms with Crippen molar-refractivity contribution in [1.82, 2.24) is 16.0 Å². The van der Waals surface area contributed by atoms with Crippen LogP contribution in [0.5, 0.6) is 0 Å². The van der Waals surface area contributed by atoms with Crippen molar-refractivity contribution in [3.05, 3.63) is 58.8 Å². The van der Waals surface area contributed by atoms with Gasteiger partial charge in [0, 0.05) is 25.2 Å². The predicted octanol–water partition coefficient (Wildman–Crippen LogP) is 3.53. The highest BCUT2D eigenvalue weighted by Gasteiger charge is 2.11. The molecule has 0 aliphatic carbocycles. The fourth-order valence-electron chi connectivity index (χ4n) is 2.50. The minimum Gasteiger partial charge on any atom is -0.459 e. The number of nitrogens with zero attached hydrogens (tertiary/aromatic N) is 1. The lowest BCUT2D eigenvalue weighted by molar-refractivity contribution is 0.0925. The van der Waals surface area contributed by atoms with Crippen molar-refractivity contribution in [2.45, 2.75) is 33.7 Å². The van der Waals surface area contributed by atoms with E-state index in [1.807, 2.05) is 13.8 Å². The quantitative estimate of drug-likeness (QED) is 0.224. The lowest BCUT2D eigenvalue weighted by atomic mass is 10.1. The van der Waals surface area contributed by atoms with Crippen LogP contribution in [0.15, 0.2) is 39.9 Å². The van der Waals surface area contributed by atoms with E-state index < -0.39 is 0 Å². The average Bonchev–Trinajstić information content (AvgIpc) is 3.08. The van der Waals surface area contributed by atoms with Crippen LogP contribution in [-0.2, 0) is 6.54 Å². The van der Waals surface area contributed by atoms with E-state index in [0.717, 1.165) is 24.1 Å². The lowest BCUT2D eigenvalue weighted by Gasteiger charge is -2.11. The van der Waals surface area contributed by atoms with E-state index in [-0.39, 0.29) is 35.7 Å². The molecule has 0 radical (unpaired) electrons. The van der Waals surface area contributed by atoms with Crippen LogP contribution >= 0.6 is 24.0 Å². The van der Waals surface area contributed by atoms with E-state index in [4.69, 9.17) is 4.42 Å². The van der Waals surface area contributed by atoms with Crippen LogP contribution in [-0.4, -0.2) is 31.5 Å². The Bertz CT molecular complexity index is 792. The molecule has 0 saturated carbocycles. The maximum absolute atomic E-state index is 13.3. The van der Waals surface area contributed by atoms with Gasteiger partial charge in [0.05, 0.1) is 12.8 Å². The number of aliphatic imine (C=N–C) groups is 1. The van der Waals surface area contributed by atoms with Crippen molar-refractivity contribution in [3.63, 3.8) is 0 Å². The van der Waals surface area contributed by atoms with Crippen molar-refractivity contribution in [1.29, 1.82) is 0 Å². The van der Waals surface area contributed by atoms with Crippen molar-refractivity contribution in [2.75, 3.05) is 19.6 Å². The van der Waals surface area contributed by atoms with Crippen LogP contribution in [0, 0.1) is 19.7 Å². The molecule has 154 valence electrons. The molecule has 0 spiro atoms. The molecule has 0 aliphatic rings. The van der Waals surface area contributed by atoms with Gasteiger partial charge in [-0.2, -0.15) is 0 Å². The van der Waals surface area contributed by atoms with Gasteiger partial charge in [-0.1, -0.05) is 12.1 Å². The van der Waals surface area contributed by atoms with Crippen molar-refractivity contribution < 1.29 is 13.6 Å². The number of amides is 1. The molecule has 1 aromatic carbocycles. The Morgan fingerprint density at radius 1 is 1.11 bits per heavy atom. The standard InChI is InChI=1S/C20H27FN4O2.HI/c1-4-22-20(25-13-16-6-7-17(21)15(3)12-16)24-10-5-9-23-19(26)18-14(2)8-11-27-18;/h6-8,11-12H,4-5,9-10,13H2,1-3H3,(H,23,26)(H2,22,24,25);1H. The van der Waals surface area contributed by atoms with Crippen molar-refractivity contribution >= 4 is 35.8 Å². The third-order valence-electron chi connectivity index (χ3n) is 3.99. The lowest BCUT2D eigenvalue weighted by Crippen LogP contribution is -2.38. The summed E-state index contributed by atoms with van der Waals surface area (Å²) in [4.78, 5) is 16.5. The van der Waals surface area contributed by atoms with Gasteiger partial charge in [-0.15, -0.1) is 24.0 Å². The summed E-state index contributed by atoms with van der Waals surface area (Å²) in [5, 5.41) is 9.23. The minimum absolute atomic E-state index is 0. The van der Waals surface area contributed by atoms with Crippen LogP contribution < -0.4 is 16.0 Å². The zero-order valence-electron chi connectivity index (χ0n) is 16.5. The Balaban J connectivity index is 0.00000392. The van der Waals surface area contributed by atoms with Crippen LogP contribution in [0.2, 0.25) is 0 Å². The summed E-state index contributed by atoms with van der Waals surface area (Å²) >= 11 is 0. The predicted molar refractivity (Wildman–Crippen MR) is 120 cm³/mol. The third-order valence-corrected chi connectivity index (χ3v) is 3.99.